The smallest absolute Gasteiger partial charge is 0.193 e. The molecule has 3 rings (SSSR count). The first-order valence-corrected chi connectivity index (χ1v) is 8.00. The molecule has 0 aliphatic carbocycles. The van der Waals surface area contributed by atoms with Crippen LogP contribution in [0, 0.1) is 6.92 Å². The van der Waals surface area contributed by atoms with E-state index in [2.05, 4.69) is 5.32 Å². The second-order valence-electron chi connectivity index (χ2n) is 5.73. The summed E-state index contributed by atoms with van der Waals surface area (Å²) in [5, 5.41) is 3.28. The SMILES string of the molecule is COc1c(Nc2ccccc2N)ccc(C(=O)c2ccccc2)c1C. The average Bonchev–Trinajstić information content (AvgIpc) is 2.64. The summed E-state index contributed by atoms with van der Waals surface area (Å²) in [7, 11) is 1.60. The Bertz CT molecular complexity index is 905. The van der Waals surface area contributed by atoms with Gasteiger partial charge in [0.05, 0.1) is 24.2 Å². The number of methoxy groups -OCH3 is 1. The summed E-state index contributed by atoms with van der Waals surface area (Å²) < 4.78 is 5.56. The van der Waals surface area contributed by atoms with Gasteiger partial charge < -0.3 is 15.8 Å². The molecular weight excluding hydrogens is 312 g/mol. The van der Waals surface area contributed by atoms with Crippen molar-refractivity contribution in [2.75, 3.05) is 18.2 Å². The van der Waals surface area contributed by atoms with Crippen molar-refractivity contribution in [3.8, 4) is 5.75 Å². The highest BCUT2D eigenvalue weighted by atomic mass is 16.5. The van der Waals surface area contributed by atoms with Crippen molar-refractivity contribution in [3.05, 3.63) is 83.4 Å². The molecule has 0 amide bonds. The van der Waals surface area contributed by atoms with Gasteiger partial charge in [0.2, 0.25) is 0 Å². The Kier molecular flexibility index (Phi) is 4.70. The first-order chi connectivity index (χ1) is 12.1. The van der Waals surface area contributed by atoms with E-state index in [1.54, 1.807) is 7.11 Å². The van der Waals surface area contributed by atoms with Crippen LogP contribution in [-0.4, -0.2) is 12.9 Å². The fourth-order valence-corrected chi connectivity index (χ4v) is 2.80. The summed E-state index contributed by atoms with van der Waals surface area (Å²) >= 11 is 0. The zero-order valence-electron chi connectivity index (χ0n) is 14.2. The van der Waals surface area contributed by atoms with E-state index in [0.29, 0.717) is 22.6 Å². The van der Waals surface area contributed by atoms with Crippen molar-refractivity contribution < 1.29 is 9.53 Å². The van der Waals surface area contributed by atoms with E-state index in [1.165, 1.54) is 0 Å². The monoisotopic (exact) mass is 332 g/mol. The van der Waals surface area contributed by atoms with E-state index in [-0.39, 0.29) is 5.78 Å². The number of carbonyl (C=O) groups excluding carboxylic acids is 1. The number of nitrogens with one attached hydrogen (secondary N) is 1. The lowest BCUT2D eigenvalue weighted by molar-refractivity contribution is 0.103. The fourth-order valence-electron chi connectivity index (χ4n) is 2.80. The van der Waals surface area contributed by atoms with Crippen molar-refractivity contribution in [1.29, 1.82) is 0 Å². The highest BCUT2D eigenvalue weighted by Crippen LogP contribution is 2.35. The number of ketones is 1. The standard InChI is InChI=1S/C21H20N2O2/c1-14-16(20(24)15-8-4-3-5-9-15)12-13-19(21(14)25-2)23-18-11-7-6-10-17(18)22/h3-13,23H,22H2,1-2H3. The molecule has 0 bridgehead atoms. The number of hydrogen-bond acceptors (Lipinski definition) is 4. The number of ether oxygens (including phenoxy) is 1. The second kappa shape index (κ2) is 7.09. The number of carbonyl (C=O) groups is 1. The summed E-state index contributed by atoms with van der Waals surface area (Å²) in [6.07, 6.45) is 0. The Morgan fingerprint density at radius 3 is 2.28 bits per heavy atom. The summed E-state index contributed by atoms with van der Waals surface area (Å²) in [6, 6.07) is 20.4. The van der Waals surface area contributed by atoms with Crippen LogP contribution in [0.1, 0.15) is 21.5 Å². The Labute approximate surface area is 147 Å². The third-order valence-corrected chi connectivity index (χ3v) is 4.12. The van der Waals surface area contributed by atoms with Crippen LogP contribution in [0.3, 0.4) is 0 Å². The first-order valence-electron chi connectivity index (χ1n) is 8.00. The average molecular weight is 332 g/mol. The molecule has 0 atom stereocenters. The van der Waals surface area contributed by atoms with Crippen molar-refractivity contribution in [2.45, 2.75) is 6.92 Å². The molecular formula is C21H20N2O2. The zero-order chi connectivity index (χ0) is 17.8. The molecule has 3 N–H and O–H groups in total. The van der Waals surface area contributed by atoms with E-state index >= 15 is 0 Å². The van der Waals surface area contributed by atoms with E-state index in [1.807, 2.05) is 73.7 Å². The normalized spacial score (nSPS) is 10.3. The molecule has 0 saturated heterocycles. The lowest BCUT2D eigenvalue weighted by atomic mass is 9.97. The van der Waals surface area contributed by atoms with Crippen LogP contribution in [0.15, 0.2) is 66.7 Å². The fraction of sp³-hybridized carbons (Fsp3) is 0.0952. The Hall–Kier alpha value is -3.27. The molecule has 0 aromatic heterocycles. The molecule has 0 aliphatic rings. The molecule has 25 heavy (non-hydrogen) atoms. The number of nitrogens with two attached hydrogens (primary N) is 1. The molecule has 3 aromatic rings. The first kappa shape index (κ1) is 16.6. The highest BCUT2D eigenvalue weighted by Gasteiger charge is 2.17. The van der Waals surface area contributed by atoms with Gasteiger partial charge in [-0.25, -0.2) is 0 Å². The maximum Gasteiger partial charge on any atom is 0.193 e. The summed E-state index contributed by atoms with van der Waals surface area (Å²) in [4.78, 5) is 12.8. The second-order valence-corrected chi connectivity index (χ2v) is 5.73. The topological polar surface area (TPSA) is 64.3 Å². The van der Waals surface area contributed by atoms with Crippen LogP contribution in [-0.2, 0) is 0 Å². The number of benzene rings is 3. The number of hydrogen-bond donors (Lipinski definition) is 2. The maximum absolute atomic E-state index is 12.8. The largest absolute Gasteiger partial charge is 0.494 e. The number of rotatable bonds is 5. The minimum Gasteiger partial charge on any atom is -0.494 e. The zero-order valence-corrected chi connectivity index (χ0v) is 14.2. The minimum absolute atomic E-state index is 0.0258. The van der Waals surface area contributed by atoms with Crippen LogP contribution in [0.5, 0.6) is 5.75 Å². The molecule has 0 spiro atoms. The molecule has 126 valence electrons. The highest BCUT2D eigenvalue weighted by molar-refractivity contribution is 6.10. The van der Waals surface area contributed by atoms with Gasteiger partial charge in [-0.2, -0.15) is 0 Å². The van der Waals surface area contributed by atoms with E-state index in [4.69, 9.17) is 10.5 Å². The van der Waals surface area contributed by atoms with Gasteiger partial charge in [-0.05, 0) is 31.2 Å². The minimum atomic E-state index is -0.0258. The van der Waals surface area contributed by atoms with Crippen LogP contribution in [0.2, 0.25) is 0 Å². The molecule has 0 radical (unpaired) electrons. The van der Waals surface area contributed by atoms with Crippen LogP contribution >= 0.6 is 0 Å². The molecule has 0 fully saturated rings. The molecule has 0 heterocycles. The third-order valence-electron chi connectivity index (χ3n) is 4.12. The number of nitrogen functional groups attached to an aromatic ring is 1. The van der Waals surface area contributed by atoms with Gasteiger partial charge in [-0.1, -0.05) is 42.5 Å². The van der Waals surface area contributed by atoms with Gasteiger partial charge in [-0.3, -0.25) is 4.79 Å². The van der Waals surface area contributed by atoms with Gasteiger partial charge in [-0.15, -0.1) is 0 Å². The van der Waals surface area contributed by atoms with Gasteiger partial charge in [0.15, 0.2) is 5.78 Å². The van der Waals surface area contributed by atoms with E-state index in [9.17, 15) is 4.79 Å². The maximum atomic E-state index is 12.8. The van der Waals surface area contributed by atoms with Crippen molar-refractivity contribution in [1.82, 2.24) is 0 Å². The van der Waals surface area contributed by atoms with Crippen LogP contribution < -0.4 is 15.8 Å². The molecule has 4 nitrogen and oxygen atoms in total. The lowest BCUT2D eigenvalue weighted by Gasteiger charge is -2.17. The van der Waals surface area contributed by atoms with Crippen molar-refractivity contribution in [2.24, 2.45) is 0 Å². The lowest BCUT2D eigenvalue weighted by Crippen LogP contribution is -2.07. The van der Waals surface area contributed by atoms with Gasteiger partial charge in [0, 0.05) is 16.7 Å². The van der Waals surface area contributed by atoms with Crippen LogP contribution in [0.4, 0.5) is 17.1 Å². The number of anilines is 3. The Morgan fingerprint density at radius 2 is 1.60 bits per heavy atom. The molecule has 0 unspecified atom stereocenters. The predicted octanol–water partition coefficient (Wildman–Crippen LogP) is 4.56. The summed E-state index contributed by atoms with van der Waals surface area (Å²) in [6.45, 7) is 1.88. The van der Waals surface area contributed by atoms with E-state index < -0.39 is 0 Å². The van der Waals surface area contributed by atoms with Gasteiger partial charge >= 0.3 is 0 Å². The molecule has 3 aromatic carbocycles. The number of para-hydroxylation sites is 2. The van der Waals surface area contributed by atoms with Crippen molar-refractivity contribution in [3.63, 3.8) is 0 Å². The Morgan fingerprint density at radius 1 is 0.920 bits per heavy atom. The summed E-state index contributed by atoms with van der Waals surface area (Å²) in [5.41, 5.74) is 10.3. The Balaban J connectivity index is 2.00. The third kappa shape index (κ3) is 3.33. The molecule has 4 heteroatoms. The van der Waals surface area contributed by atoms with E-state index in [0.717, 1.165) is 16.9 Å². The predicted molar refractivity (Wildman–Crippen MR) is 102 cm³/mol. The van der Waals surface area contributed by atoms with Crippen molar-refractivity contribution >= 4 is 22.8 Å². The molecule has 0 saturated carbocycles. The molecule has 0 aliphatic heterocycles. The van der Waals surface area contributed by atoms with Crippen LogP contribution in [0.25, 0.3) is 0 Å². The quantitative estimate of drug-likeness (QED) is 0.531. The summed E-state index contributed by atoms with van der Waals surface area (Å²) in [5.74, 6) is 0.604. The van der Waals surface area contributed by atoms with Gasteiger partial charge in [0.1, 0.15) is 5.75 Å². The van der Waals surface area contributed by atoms with Gasteiger partial charge in [0.25, 0.3) is 0 Å².